The van der Waals surface area contributed by atoms with Gasteiger partial charge in [0, 0.05) is 40.9 Å². The molecule has 2 fully saturated rings. The molecular weight excluding hydrogens is 447 g/mol. The fourth-order valence-corrected chi connectivity index (χ4v) is 5.71. The summed E-state index contributed by atoms with van der Waals surface area (Å²) in [5, 5.41) is 13.6. The van der Waals surface area contributed by atoms with Gasteiger partial charge in [-0.1, -0.05) is 36.4 Å². The van der Waals surface area contributed by atoms with Crippen molar-refractivity contribution in [2.24, 2.45) is 0 Å². The maximum atomic E-state index is 15.4. The summed E-state index contributed by atoms with van der Waals surface area (Å²) in [6.45, 7) is -0.501. The number of aliphatic hydroxyl groups is 1. The summed E-state index contributed by atoms with van der Waals surface area (Å²) in [6.07, 6.45) is 6.29. The number of pyridine rings is 1. The highest BCUT2D eigenvalue weighted by molar-refractivity contribution is 5.79. The molecular formula is C26H25FN6O2. The Morgan fingerprint density at radius 2 is 1.80 bits per heavy atom. The van der Waals surface area contributed by atoms with Crippen molar-refractivity contribution in [2.75, 3.05) is 12.3 Å². The minimum Gasteiger partial charge on any atom is -0.387 e. The van der Waals surface area contributed by atoms with Gasteiger partial charge in [-0.3, -0.25) is 9.78 Å². The zero-order valence-electron chi connectivity index (χ0n) is 19.0. The number of carbonyl (C=O) groups excluding carboxylic acids is 1. The molecule has 0 unspecified atom stereocenters. The summed E-state index contributed by atoms with van der Waals surface area (Å²) in [7, 11) is 0. The van der Waals surface area contributed by atoms with Gasteiger partial charge in [-0.25, -0.2) is 9.37 Å². The third-order valence-corrected chi connectivity index (χ3v) is 7.34. The number of piperidine rings is 1. The number of aromatic nitrogens is 4. The van der Waals surface area contributed by atoms with Crippen molar-refractivity contribution in [2.45, 2.75) is 43.7 Å². The van der Waals surface area contributed by atoms with E-state index in [9.17, 15) is 9.90 Å². The first-order valence-electron chi connectivity index (χ1n) is 11.8. The first-order chi connectivity index (χ1) is 17.0. The van der Waals surface area contributed by atoms with E-state index in [1.54, 1.807) is 17.3 Å². The lowest BCUT2D eigenvalue weighted by Gasteiger charge is -2.38. The molecule has 2 atom stereocenters. The molecule has 6 rings (SSSR count). The molecule has 1 amide bonds. The number of hydrogen-bond acceptors (Lipinski definition) is 6. The monoisotopic (exact) mass is 472 g/mol. The first-order valence-corrected chi connectivity index (χ1v) is 11.8. The average molecular weight is 473 g/mol. The largest absolute Gasteiger partial charge is 0.387 e. The Hall–Kier alpha value is -3.85. The Kier molecular flexibility index (Phi) is 5.21. The Labute approximate surface area is 201 Å². The van der Waals surface area contributed by atoms with E-state index in [4.69, 9.17) is 10.7 Å². The summed E-state index contributed by atoms with van der Waals surface area (Å²) in [5.74, 6) is -1.06. The third kappa shape index (κ3) is 3.54. The zero-order chi connectivity index (χ0) is 24.1. The number of carbonyl (C=O) groups is 1. The van der Waals surface area contributed by atoms with E-state index in [-0.39, 0.29) is 29.7 Å². The van der Waals surface area contributed by atoms with E-state index in [1.807, 2.05) is 42.5 Å². The number of hydrogen-bond donors (Lipinski definition) is 2. The maximum Gasteiger partial charge on any atom is 0.248 e. The van der Waals surface area contributed by atoms with E-state index in [1.165, 1.54) is 4.52 Å². The number of halogens is 1. The number of aliphatic hydroxyl groups excluding tert-OH is 1. The van der Waals surface area contributed by atoms with Gasteiger partial charge >= 0.3 is 0 Å². The number of fused-ring (bicyclic) bond motifs is 3. The van der Waals surface area contributed by atoms with Crippen molar-refractivity contribution in [1.82, 2.24) is 24.5 Å². The zero-order valence-corrected chi connectivity index (χ0v) is 19.0. The lowest BCUT2D eigenvalue weighted by molar-refractivity contribution is -0.138. The van der Waals surface area contributed by atoms with Crippen LogP contribution in [0.15, 0.2) is 54.9 Å². The second kappa shape index (κ2) is 8.42. The summed E-state index contributed by atoms with van der Waals surface area (Å²) in [6, 6.07) is 13.8. The molecule has 0 aliphatic carbocycles. The van der Waals surface area contributed by atoms with Crippen molar-refractivity contribution in [3.8, 4) is 22.4 Å². The Morgan fingerprint density at radius 1 is 1.06 bits per heavy atom. The van der Waals surface area contributed by atoms with Gasteiger partial charge in [0.15, 0.2) is 17.3 Å². The number of benzene rings is 1. The number of nitrogens with zero attached hydrogens (tertiary/aromatic N) is 5. The molecule has 178 valence electrons. The fourth-order valence-electron chi connectivity index (χ4n) is 5.71. The Bertz CT molecular complexity index is 1390. The predicted molar refractivity (Wildman–Crippen MR) is 129 cm³/mol. The minimum absolute atomic E-state index is 0.0174. The van der Waals surface area contributed by atoms with Crippen molar-refractivity contribution < 1.29 is 14.3 Å². The molecule has 2 aliphatic rings. The molecule has 5 heterocycles. The molecule has 4 aromatic rings. The smallest absolute Gasteiger partial charge is 0.248 e. The molecule has 0 radical (unpaired) electrons. The van der Waals surface area contributed by atoms with Crippen molar-refractivity contribution in [3.05, 3.63) is 66.4 Å². The molecule has 2 aliphatic heterocycles. The van der Waals surface area contributed by atoms with Crippen molar-refractivity contribution in [1.29, 1.82) is 0 Å². The highest BCUT2D eigenvalue weighted by atomic mass is 19.1. The Balaban J connectivity index is 1.36. The van der Waals surface area contributed by atoms with Gasteiger partial charge in [-0.2, -0.15) is 9.61 Å². The molecule has 2 saturated heterocycles. The van der Waals surface area contributed by atoms with Crippen molar-refractivity contribution >= 4 is 17.4 Å². The van der Waals surface area contributed by atoms with Crippen LogP contribution in [-0.2, 0) is 4.79 Å². The third-order valence-electron chi connectivity index (χ3n) is 7.34. The molecule has 3 aromatic heterocycles. The van der Waals surface area contributed by atoms with E-state index in [0.717, 1.165) is 35.2 Å². The summed E-state index contributed by atoms with van der Waals surface area (Å²) in [4.78, 5) is 23.3. The van der Waals surface area contributed by atoms with Crippen LogP contribution >= 0.6 is 0 Å². The van der Waals surface area contributed by atoms with E-state index in [2.05, 4.69) is 10.1 Å². The van der Waals surface area contributed by atoms with Crippen molar-refractivity contribution in [3.63, 3.8) is 0 Å². The van der Waals surface area contributed by atoms with E-state index >= 15 is 4.39 Å². The summed E-state index contributed by atoms with van der Waals surface area (Å²) in [5.41, 5.74) is 10.4. The number of rotatable bonds is 4. The van der Waals surface area contributed by atoms with Crippen LogP contribution in [0.3, 0.4) is 0 Å². The normalized spacial score (nSPS) is 21.5. The minimum atomic E-state index is -0.559. The van der Waals surface area contributed by atoms with Crippen LogP contribution in [0.5, 0.6) is 0 Å². The van der Waals surface area contributed by atoms with Gasteiger partial charge in [0.1, 0.15) is 6.61 Å². The quantitative estimate of drug-likeness (QED) is 0.471. The SMILES string of the molecule is Nc1c(F)c(C2C[C@H]3CC[C@H](C2)N3C(=O)CO)nc2c(-c3ccc(-c4ccccc4)nc3)cnn12. The van der Waals surface area contributed by atoms with E-state index < -0.39 is 12.4 Å². The molecule has 0 spiro atoms. The molecule has 0 saturated carbocycles. The number of anilines is 1. The predicted octanol–water partition coefficient (Wildman–Crippen LogP) is 3.41. The summed E-state index contributed by atoms with van der Waals surface area (Å²) < 4.78 is 16.7. The van der Waals surface area contributed by atoms with Gasteiger partial charge in [-0.15, -0.1) is 0 Å². The molecule has 1 aromatic carbocycles. The number of nitrogen functional groups attached to an aromatic ring is 1. The Morgan fingerprint density at radius 3 is 2.46 bits per heavy atom. The van der Waals surface area contributed by atoms with Crippen LogP contribution in [0.4, 0.5) is 10.2 Å². The average Bonchev–Trinajstić information content (AvgIpc) is 3.44. The van der Waals surface area contributed by atoms with Crippen LogP contribution in [0, 0.1) is 5.82 Å². The summed E-state index contributed by atoms with van der Waals surface area (Å²) >= 11 is 0. The lowest BCUT2D eigenvalue weighted by Crippen LogP contribution is -2.47. The van der Waals surface area contributed by atoms with Crippen LogP contribution in [0.25, 0.3) is 28.0 Å². The molecule has 9 heteroatoms. The van der Waals surface area contributed by atoms with Gasteiger partial charge in [0.2, 0.25) is 5.91 Å². The van der Waals surface area contributed by atoms with Crippen LogP contribution < -0.4 is 5.73 Å². The van der Waals surface area contributed by atoms with Crippen LogP contribution in [0.1, 0.15) is 37.3 Å². The molecule has 8 nitrogen and oxygen atoms in total. The van der Waals surface area contributed by atoms with Gasteiger partial charge in [0.25, 0.3) is 0 Å². The van der Waals surface area contributed by atoms with Gasteiger partial charge in [0.05, 0.1) is 17.6 Å². The topological polar surface area (TPSA) is 110 Å². The highest BCUT2D eigenvalue weighted by Gasteiger charge is 2.44. The second-order valence-electron chi connectivity index (χ2n) is 9.30. The fraction of sp³-hybridized carbons (Fsp3) is 0.308. The standard InChI is InChI=1S/C26H25FN6O2/c27-23-24(17-10-18-7-8-19(11-17)32(18)22(35)14-34)31-26-20(13-30-33(26)25(23)28)16-6-9-21(29-12-16)15-4-2-1-3-5-15/h1-6,9,12-13,17-19,34H,7-8,10-11,14,28H2/t18-,19-/m1/s1. The highest BCUT2D eigenvalue weighted by Crippen LogP contribution is 2.44. The van der Waals surface area contributed by atoms with Gasteiger partial charge < -0.3 is 15.7 Å². The number of amides is 1. The molecule has 3 N–H and O–H groups in total. The molecule has 35 heavy (non-hydrogen) atoms. The van der Waals surface area contributed by atoms with Crippen LogP contribution in [0.2, 0.25) is 0 Å². The number of nitrogens with two attached hydrogens (primary N) is 1. The lowest BCUT2D eigenvalue weighted by atomic mass is 9.87. The van der Waals surface area contributed by atoms with E-state index in [0.29, 0.717) is 24.2 Å². The first kappa shape index (κ1) is 21.7. The molecule has 2 bridgehead atoms. The van der Waals surface area contributed by atoms with Gasteiger partial charge in [-0.05, 0) is 31.7 Å². The second-order valence-corrected chi connectivity index (χ2v) is 9.30. The van der Waals surface area contributed by atoms with Crippen LogP contribution in [-0.4, -0.2) is 54.2 Å². The maximum absolute atomic E-state index is 15.4.